The standard InChI is InChI=1S/C21H30N2O4/c1-13(2)10-17(23-20(24)15-6-4-14(3)5-7-15)21(25)22-16-8-9-18-19(11-16)27-12-26-18/h8-9,11,13-15,17H,4-7,10,12H2,1-3H3,(H,22,25)(H,23,24)/t14?,15?,17-/m1/s1. The number of hydrogen-bond acceptors (Lipinski definition) is 4. The minimum atomic E-state index is -0.540. The molecule has 1 aromatic carbocycles. The first-order valence-corrected chi connectivity index (χ1v) is 9.93. The zero-order valence-corrected chi connectivity index (χ0v) is 16.4. The number of benzene rings is 1. The van der Waals surface area contributed by atoms with E-state index in [0.29, 0.717) is 35.4 Å². The zero-order valence-electron chi connectivity index (χ0n) is 16.4. The van der Waals surface area contributed by atoms with Gasteiger partial charge in [0.05, 0.1) is 0 Å². The van der Waals surface area contributed by atoms with Crippen molar-refractivity contribution in [2.45, 2.75) is 58.9 Å². The summed E-state index contributed by atoms with van der Waals surface area (Å²) in [5.74, 6) is 2.11. The van der Waals surface area contributed by atoms with E-state index in [1.54, 1.807) is 18.2 Å². The summed E-state index contributed by atoms with van der Waals surface area (Å²) in [6.45, 7) is 6.53. The van der Waals surface area contributed by atoms with Gasteiger partial charge in [-0.2, -0.15) is 0 Å². The lowest BCUT2D eigenvalue weighted by Crippen LogP contribution is -2.47. The Kier molecular flexibility index (Phi) is 6.24. The van der Waals surface area contributed by atoms with Gasteiger partial charge in [-0.25, -0.2) is 0 Å². The van der Waals surface area contributed by atoms with Crippen LogP contribution >= 0.6 is 0 Å². The number of ether oxygens (including phenoxy) is 2. The van der Waals surface area contributed by atoms with Gasteiger partial charge in [-0.05, 0) is 56.1 Å². The van der Waals surface area contributed by atoms with Gasteiger partial charge >= 0.3 is 0 Å². The van der Waals surface area contributed by atoms with Crippen molar-refractivity contribution >= 4 is 17.5 Å². The van der Waals surface area contributed by atoms with Gasteiger partial charge in [0.2, 0.25) is 18.6 Å². The molecule has 3 rings (SSSR count). The van der Waals surface area contributed by atoms with Crippen LogP contribution in [0.2, 0.25) is 0 Å². The third kappa shape index (κ3) is 5.15. The Hall–Kier alpha value is -2.24. The van der Waals surface area contributed by atoms with Crippen LogP contribution < -0.4 is 20.1 Å². The van der Waals surface area contributed by atoms with Crippen LogP contribution in [0.5, 0.6) is 11.5 Å². The van der Waals surface area contributed by atoms with Gasteiger partial charge in [0.25, 0.3) is 0 Å². The van der Waals surface area contributed by atoms with Gasteiger partial charge in [0.15, 0.2) is 11.5 Å². The maximum Gasteiger partial charge on any atom is 0.246 e. The molecule has 1 aliphatic carbocycles. The highest BCUT2D eigenvalue weighted by Crippen LogP contribution is 2.34. The summed E-state index contributed by atoms with van der Waals surface area (Å²) in [4.78, 5) is 25.5. The average molecular weight is 374 g/mol. The highest BCUT2D eigenvalue weighted by molar-refractivity contribution is 5.97. The summed E-state index contributed by atoms with van der Waals surface area (Å²) in [7, 11) is 0. The van der Waals surface area contributed by atoms with Crippen molar-refractivity contribution in [2.24, 2.45) is 17.8 Å². The van der Waals surface area contributed by atoms with Crippen molar-refractivity contribution in [3.05, 3.63) is 18.2 Å². The minimum absolute atomic E-state index is 0.00777. The molecule has 0 saturated heterocycles. The van der Waals surface area contributed by atoms with Crippen molar-refractivity contribution in [2.75, 3.05) is 12.1 Å². The van der Waals surface area contributed by atoms with Gasteiger partial charge in [-0.15, -0.1) is 0 Å². The van der Waals surface area contributed by atoms with Gasteiger partial charge in [0, 0.05) is 17.7 Å². The predicted octanol–water partition coefficient (Wildman–Crippen LogP) is 3.71. The summed E-state index contributed by atoms with van der Waals surface area (Å²) < 4.78 is 10.6. The molecule has 148 valence electrons. The van der Waals surface area contributed by atoms with Crippen LogP contribution in [0.1, 0.15) is 52.9 Å². The van der Waals surface area contributed by atoms with E-state index in [4.69, 9.17) is 9.47 Å². The number of anilines is 1. The number of carbonyl (C=O) groups excluding carboxylic acids is 2. The lowest BCUT2D eigenvalue weighted by molar-refractivity contribution is -0.130. The van der Waals surface area contributed by atoms with Crippen molar-refractivity contribution in [3.8, 4) is 11.5 Å². The van der Waals surface area contributed by atoms with Crippen LogP contribution in [0.3, 0.4) is 0 Å². The summed E-state index contributed by atoms with van der Waals surface area (Å²) in [5, 5.41) is 5.90. The second-order valence-electron chi connectivity index (χ2n) is 8.20. The lowest BCUT2D eigenvalue weighted by Gasteiger charge is -2.28. The molecule has 1 aliphatic heterocycles. The molecule has 1 aromatic rings. The zero-order chi connectivity index (χ0) is 19.4. The molecular formula is C21H30N2O4. The molecule has 1 heterocycles. The topological polar surface area (TPSA) is 76.7 Å². The Bertz CT molecular complexity index is 681. The van der Waals surface area contributed by atoms with E-state index in [1.807, 2.05) is 0 Å². The number of fused-ring (bicyclic) bond motifs is 1. The Labute approximate surface area is 161 Å². The Morgan fingerprint density at radius 2 is 1.81 bits per heavy atom. The van der Waals surface area contributed by atoms with Crippen molar-refractivity contribution in [1.82, 2.24) is 5.32 Å². The van der Waals surface area contributed by atoms with Crippen LogP contribution in [0.25, 0.3) is 0 Å². The van der Waals surface area contributed by atoms with Gasteiger partial charge in [-0.1, -0.05) is 20.8 Å². The van der Waals surface area contributed by atoms with Crippen LogP contribution in [-0.2, 0) is 9.59 Å². The summed E-state index contributed by atoms with van der Waals surface area (Å²) in [6, 6.07) is 4.76. The van der Waals surface area contributed by atoms with Crippen molar-refractivity contribution < 1.29 is 19.1 Å². The fourth-order valence-corrected chi connectivity index (χ4v) is 3.72. The Morgan fingerprint density at radius 1 is 1.11 bits per heavy atom. The van der Waals surface area contributed by atoms with E-state index in [9.17, 15) is 9.59 Å². The second kappa shape index (κ2) is 8.63. The molecule has 0 aromatic heterocycles. The molecule has 2 amide bonds. The fourth-order valence-electron chi connectivity index (χ4n) is 3.72. The molecule has 2 N–H and O–H groups in total. The third-order valence-electron chi connectivity index (χ3n) is 5.37. The van der Waals surface area contributed by atoms with Crippen LogP contribution in [0.15, 0.2) is 18.2 Å². The lowest BCUT2D eigenvalue weighted by atomic mass is 9.82. The largest absolute Gasteiger partial charge is 0.454 e. The maximum absolute atomic E-state index is 12.8. The maximum atomic E-state index is 12.8. The molecule has 6 nitrogen and oxygen atoms in total. The van der Waals surface area contributed by atoms with Crippen LogP contribution in [-0.4, -0.2) is 24.6 Å². The minimum Gasteiger partial charge on any atom is -0.454 e. The number of carbonyl (C=O) groups is 2. The molecule has 27 heavy (non-hydrogen) atoms. The highest BCUT2D eigenvalue weighted by Gasteiger charge is 2.29. The van der Waals surface area contributed by atoms with E-state index in [1.165, 1.54) is 0 Å². The number of nitrogens with one attached hydrogen (secondary N) is 2. The fraction of sp³-hybridized carbons (Fsp3) is 0.619. The summed E-state index contributed by atoms with van der Waals surface area (Å²) in [6.07, 6.45) is 4.58. The molecule has 1 atom stereocenters. The quantitative estimate of drug-likeness (QED) is 0.796. The van der Waals surface area contributed by atoms with E-state index in [0.717, 1.165) is 25.7 Å². The number of rotatable bonds is 6. The predicted molar refractivity (Wildman–Crippen MR) is 104 cm³/mol. The first-order valence-electron chi connectivity index (χ1n) is 9.93. The molecule has 6 heteroatoms. The SMILES string of the molecule is CC(C)C[C@@H](NC(=O)C1CCC(C)CC1)C(=O)Nc1ccc2c(c1)OCO2. The number of hydrogen-bond donors (Lipinski definition) is 2. The molecule has 1 fully saturated rings. The van der Waals surface area contributed by atoms with Crippen LogP contribution in [0.4, 0.5) is 5.69 Å². The first kappa shape index (κ1) is 19.5. The molecule has 0 radical (unpaired) electrons. The molecule has 2 aliphatic rings. The number of amides is 2. The highest BCUT2D eigenvalue weighted by atomic mass is 16.7. The molecule has 1 saturated carbocycles. The molecule has 0 spiro atoms. The Balaban J connectivity index is 1.62. The van der Waals surface area contributed by atoms with Crippen molar-refractivity contribution in [3.63, 3.8) is 0 Å². The third-order valence-corrected chi connectivity index (χ3v) is 5.37. The Morgan fingerprint density at radius 3 is 2.52 bits per heavy atom. The van der Waals surface area contributed by atoms with E-state index < -0.39 is 6.04 Å². The van der Waals surface area contributed by atoms with Gasteiger partial charge in [0.1, 0.15) is 6.04 Å². The van der Waals surface area contributed by atoms with E-state index >= 15 is 0 Å². The molecule has 0 unspecified atom stereocenters. The monoisotopic (exact) mass is 374 g/mol. The molecular weight excluding hydrogens is 344 g/mol. The van der Waals surface area contributed by atoms with Gasteiger partial charge < -0.3 is 20.1 Å². The second-order valence-corrected chi connectivity index (χ2v) is 8.20. The summed E-state index contributed by atoms with van der Waals surface area (Å²) in [5.41, 5.74) is 0.638. The van der Waals surface area contributed by atoms with E-state index in [-0.39, 0.29) is 24.5 Å². The summed E-state index contributed by atoms with van der Waals surface area (Å²) >= 11 is 0. The van der Waals surface area contributed by atoms with Gasteiger partial charge in [-0.3, -0.25) is 9.59 Å². The van der Waals surface area contributed by atoms with Crippen molar-refractivity contribution in [1.29, 1.82) is 0 Å². The average Bonchev–Trinajstić information content (AvgIpc) is 3.09. The smallest absolute Gasteiger partial charge is 0.246 e. The molecule has 0 bridgehead atoms. The normalized spacial score (nSPS) is 22.4. The van der Waals surface area contributed by atoms with Crippen LogP contribution in [0, 0.1) is 17.8 Å². The van der Waals surface area contributed by atoms with E-state index in [2.05, 4.69) is 31.4 Å². The first-order chi connectivity index (χ1) is 12.9.